The van der Waals surface area contributed by atoms with Crippen LogP contribution in [-0.4, -0.2) is 25.0 Å². The van der Waals surface area contributed by atoms with Crippen molar-refractivity contribution in [3.05, 3.63) is 42.8 Å². The summed E-state index contributed by atoms with van der Waals surface area (Å²) in [4.78, 5) is 18.1. The number of fused-ring (bicyclic) bond motifs is 1. The minimum atomic E-state index is -0.357. The maximum Gasteiger partial charge on any atom is 0.341 e. The number of anilines is 2. The molecule has 1 aromatic carbocycles. The third kappa shape index (κ3) is 4.41. The summed E-state index contributed by atoms with van der Waals surface area (Å²) >= 11 is 10.00. The molecule has 0 bridgehead atoms. The van der Waals surface area contributed by atoms with Gasteiger partial charge < -0.3 is 15.8 Å². The van der Waals surface area contributed by atoms with E-state index in [1.807, 2.05) is 18.2 Å². The summed E-state index contributed by atoms with van der Waals surface area (Å²) in [6.07, 6.45) is 0.694. The van der Waals surface area contributed by atoms with Crippen LogP contribution in [0.5, 0.6) is 0 Å². The molecule has 0 spiro atoms. The van der Waals surface area contributed by atoms with Crippen LogP contribution in [0.25, 0.3) is 0 Å². The monoisotopic (exact) mass is 517 g/mol. The van der Waals surface area contributed by atoms with Crippen molar-refractivity contribution in [2.75, 3.05) is 18.5 Å². The molecule has 2 heterocycles. The number of nitrogens with two attached hydrogens (primary N) is 1. The van der Waals surface area contributed by atoms with Crippen LogP contribution in [0.4, 0.5) is 10.7 Å². The van der Waals surface area contributed by atoms with Gasteiger partial charge in [0, 0.05) is 10.1 Å². The standard InChI is InChI=1S/C19H21ClIN3O2S/c1-4-26-18(25)14-11-8-19(2,3)9-23-16(22)15(11)27-17(14)24-13-6-5-10(21)7-12(13)20/h5-7,24H,4,8-9H2,1-3H3,(H2,22,23). The van der Waals surface area contributed by atoms with E-state index in [0.717, 1.165) is 19.7 Å². The molecule has 5 nitrogen and oxygen atoms in total. The highest BCUT2D eigenvalue weighted by Crippen LogP contribution is 2.41. The smallest absolute Gasteiger partial charge is 0.341 e. The minimum Gasteiger partial charge on any atom is -0.462 e. The average Bonchev–Trinajstić information content (AvgIpc) is 2.87. The zero-order valence-corrected chi connectivity index (χ0v) is 19.1. The summed E-state index contributed by atoms with van der Waals surface area (Å²) in [6, 6.07) is 5.72. The number of benzene rings is 1. The first-order valence-corrected chi connectivity index (χ1v) is 10.8. The van der Waals surface area contributed by atoms with E-state index >= 15 is 0 Å². The van der Waals surface area contributed by atoms with Crippen LogP contribution in [0.2, 0.25) is 5.02 Å². The predicted octanol–water partition coefficient (Wildman–Crippen LogP) is 5.21. The Morgan fingerprint density at radius 2 is 2.22 bits per heavy atom. The van der Waals surface area contributed by atoms with Crippen molar-refractivity contribution in [2.45, 2.75) is 27.2 Å². The summed E-state index contributed by atoms with van der Waals surface area (Å²) in [6.45, 7) is 6.96. The van der Waals surface area contributed by atoms with Gasteiger partial charge in [-0.05, 0) is 65.1 Å². The molecular formula is C19H21ClIN3O2S. The Morgan fingerprint density at radius 3 is 2.89 bits per heavy atom. The van der Waals surface area contributed by atoms with E-state index in [-0.39, 0.29) is 11.4 Å². The van der Waals surface area contributed by atoms with Crippen LogP contribution in [0.15, 0.2) is 23.2 Å². The van der Waals surface area contributed by atoms with Crippen LogP contribution in [0.1, 0.15) is 41.6 Å². The molecule has 3 N–H and O–H groups in total. The average molecular weight is 518 g/mol. The summed E-state index contributed by atoms with van der Waals surface area (Å²) in [7, 11) is 0. The predicted molar refractivity (Wildman–Crippen MR) is 121 cm³/mol. The molecular weight excluding hydrogens is 497 g/mol. The van der Waals surface area contributed by atoms with Crippen LogP contribution >= 0.6 is 45.5 Å². The summed E-state index contributed by atoms with van der Waals surface area (Å²) < 4.78 is 6.37. The fourth-order valence-electron chi connectivity index (χ4n) is 2.97. The third-order valence-corrected chi connectivity index (χ3v) is 6.39. The number of carbonyl (C=O) groups excluding carboxylic acids is 1. The van der Waals surface area contributed by atoms with E-state index in [0.29, 0.717) is 41.0 Å². The molecule has 0 unspecified atom stereocenters. The fourth-order valence-corrected chi connectivity index (χ4v) is 5.01. The van der Waals surface area contributed by atoms with Crippen molar-refractivity contribution in [1.82, 2.24) is 0 Å². The molecule has 3 rings (SSSR count). The van der Waals surface area contributed by atoms with Crippen molar-refractivity contribution in [3.8, 4) is 0 Å². The van der Waals surface area contributed by atoms with Gasteiger partial charge in [-0.1, -0.05) is 25.4 Å². The molecule has 27 heavy (non-hydrogen) atoms. The summed E-state index contributed by atoms with van der Waals surface area (Å²) in [5.74, 6) is 0.109. The number of thiophene rings is 1. The lowest BCUT2D eigenvalue weighted by molar-refractivity contribution is 0.0526. The van der Waals surface area contributed by atoms with E-state index < -0.39 is 0 Å². The first kappa shape index (κ1) is 20.4. The molecule has 0 aliphatic carbocycles. The van der Waals surface area contributed by atoms with Gasteiger partial charge in [0.25, 0.3) is 0 Å². The van der Waals surface area contributed by atoms with Crippen molar-refractivity contribution in [2.24, 2.45) is 16.1 Å². The second-order valence-corrected chi connectivity index (χ2v) is 9.80. The number of aliphatic imine (C=N–C) groups is 1. The van der Waals surface area contributed by atoms with Crippen molar-refractivity contribution >= 4 is 68.0 Å². The number of hydrogen-bond donors (Lipinski definition) is 2. The number of nitrogens with zero attached hydrogens (tertiary/aromatic N) is 1. The molecule has 144 valence electrons. The SMILES string of the molecule is CCOC(=O)c1c(Nc2ccc(I)cc2Cl)sc2c1CC(C)(C)CN=C2N. The molecule has 2 aromatic rings. The van der Waals surface area contributed by atoms with E-state index in [1.54, 1.807) is 6.92 Å². The maximum absolute atomic E-state index is 12.8. The number of rotatable bonds is 4. The largest absolute Gasteiger partial charge is 0.462 e. The van der Waals surface area contributed by atoms with E-state index in [1.165, 1.54) is 11.3 Å². The zero-order chi connectivity index (χ0) is 19.8. The highest BCUT2D eigenvalue weighted by atomic mass is 127. The highest BCUT2D eigenvalue weighted by Gasteiger charge is 2.33. The lowest BCUT2D eigenvalue weighted by Crippen LogP contribution is -2.20. The molecule has 0 saturated heterocycles. The Hall–Kier alpha value is -1.32. The van der Waals surface area contributed by atoms with Gasteiger partial charge in [-0.25, -0.2) is 4.79 Å². The van der Waals surface area contributed by atoms with E-state index in [2.05, 4.69) is 46.7 Å². The second-order valence-electron chi connectivity index (χ2n) is 7.13. The topological polar surface area (TPSA) is 76.7 Å². The molecule has 0 atom stereocenters. The number of esters is 1. The minimum absolute atomic E-state index is 0.101. The van der Waals surface area contributed by atoms with Crippen LogP contribution in [-0.2, 0) is 11.2 Å². The lowest BCUT2D eigenvalue weighted by atomic mass is 9.85. The van der Waals surface area contributed by atoms with Gasteiger partial charge in [0.05, 0.1) is 27.8 Å². The summed E-state index contributed by atoms with van der Waals surface area (Å²) in [5.41, 5.74) is 8.27. The molecule has 0 radical (unpaired) electrons. The number of amidine groups is 1. The zero-order valence-electron chi connectivity index (χ0n) is 15.4. The molecule has 1 aliphatic heterocycles. The van der Waals surface area contributed by atoms with Crippen LogP contribution < -0.4 is 11.1 Å². The lowest BCUT2D eigenvalue weighted by Gasteiger charge is -2.21. The second kappa shape index (κ2) is 7.97. The first-order chi connectivity index (χ1) is 12.7. The Morgan fingerprint density at radius 1 is 1.48 bits per heavy atom. The number of hydrogen-bond acceptors (Lipinski definition) is 6. The Bertz CT molecular complexity index is 924. The number of ether oxygens (including phenoxy) is 1. The van der Waals surface area contributed by atoms with Gasteiger partial charge in [0.2, 0.25) is 0 Å². The highest BCUT2D eigenvalue weighted by molar-refractivity contribution is 14.1. The normalized spacial score (nSPS) is 15.5. The van der Waals surface area contributed by atoms with Gasteiger partial charge in [-0.3, -0.25) is 4.99 Å². The molecule has 1 aliphatic rings. The molecule has 0 saturated carbocycles. The van der Waals surface area contributed by atoms with Crippen LogP contribution in [0, 0.1) is 8.99 Å². The quantitative estimate of drug-likeness (QED) is 0.431. The Balaban J connectivity index is 2.13. The van der Waals surface area contributed by atoms with Crippen molar-refractivity contribution in [3.63, 3.8) is 0 Å². The van der Waals surface area contributed by atoms with Gasteiger partial charge >= 0.3 is 5.97 Å². The Labute approximate surface area is 181 Å². The van der Waals surface area contributed by atoms with Crippen molar-refractivity contribution in [1.29, 1.82) is 0 Å². The fraction of sp³-hybridized carbons (Fsp3) is 0.368. The molecule has 0 fully saturated rings. The molecule has 1 aromatic heterocycles. The maximum atomic E-state index is 12.8. The Kier molecular flexibility index (Phi) is 6.02. The number of nitrogens with one attached hydrogen (secondary N) is 1. The van der Waals surface area contributed by atoms with Gasteiger partial charge in [0.15, 0.2) is 0 Å². The summed E-state index contributed by atoms with van der Waals surface area (Å²) in [5, 5.41) is 4.57. The molecule has 0 amide bonds. The van der Waals surface area contributed by atoms with Gasteiger partial charge in [-0.15, -0.1) is 11.3 Å². The number of halogens is 2. The van der Waals surface area contributed by atoms with Crippen molar-refractivity contribution < 1.29 is 9.53 Å². The van der Waals surface area contributed by atoms with Gasteiger partial charge in [0.1, 0.15) is 10.8 Å². The van der Waals surface area contributed by atoms with Crippen LogP contribution in [0.3, 0.4) is 0 Å². The first-order valence-electron chi connectivity index (χ1n) is 8.57. The third-order valence-electron chi connectivity index (χ3n) is 4.23. The van der Waals surface area contributed by atoms with E-state index in [4.69, 9.17) is 22.1 Å². The van der Waals surface area contributed by atoms with E-state index in [9.17, 15) is 4.79 Å². The molecule has 8 heteroatoms. The number of carbonyl (C=O) groups is 1. The van der Waals surface area contributed by atoms with Gasteiger partial charge in [-0.2, -0.15) is 0 Å².